The first kappa shape index (κ1) is 19.5. The van der Waals surface area contributed by atoms with E-state index in [4.69, 9.17) is 4.52 Å². The van der Waals surface area contributed by atoms with Gasteiger partial charge in [0.25, 0.3) is 0 Å². The number of anilines is 1. The second-order valence-corrected chi connectivity index (χ2v) is 8.08. The molecule has 1 saturated heterocycles. The Labute approximate surface area is 188 Å². The molecule has 0 saturated carbocycles. The Morgan fingerprint density at radius 2 is 1.94 bits per heavy atom. The van der Waals surface area contributed by atoms with Crippen LogP contribution in [0.4, 0.5) is 10.2 Å². The average Bonchev–Trinajstić information content (AvgIpc) is 3.53. The van der Waals surface area contributed by atoms with E-state index in [1.54, 1.807) is 18.5 Å². The van der Waals surface area contributed by atoms with Crippen LogP contribution in [0, 0.1) is 5.82 Å². The second kappa shape index (κ2) is 8.09. The van der Waals surface area contributed by atoms with Crippen LogP contribution in [0.3, 0.4) is 0 Å². The summed E-state index contributed by atoms with van der Waals surface area (Å²) >= 11 is 0. The Morgan fingerprint density at radius 3 is 2.82 bits per heavy atom. The minimum absolute atomic E-state index is 0.0581. The van der Waals surface area contributed by atoms with Gasteiger partial charge in [-0.15, -0.1) is 0 Å². The molecular weight excluding hydrogens is 421 g/mol. The van der Waals surface area contributed by atoms with E-state index in [0.29, 0.717) is 23.8 Å². The van der Waals surface area contributed by atoms with Gasteiger partial charge in [-0.2, -0.15) is 10.1 Å². The Balaban J connectivity index is 1.29. The third-order valence-electron chi connectivity index (χ3n) is 5.94. The van der Waals surface area contributed by atoms with Crippen LogP contribution in [0.15, 0.2) is 71.6 Å². The number of halogens is 1. The van der Waals surface area contributed by atoms with Crippen LogP contribution in [-0.2, 0) is 0 Å². The molecule has 6 rings (SSSR count). The Hall–Kier alpha value is -4.14. The van der Waals surface area contributed by atoms with Crippen molar-refractivity contribution < 1.29 is 8.91 Å². The Bertz CT molecular complexity index is 1410. The number of rotatable bonds is 4. The summed E-state index contributed by atoms with van der Waals surface area (Å²) in [5, 5.41) is 9.53. The first-order chi connectivity index (χ1) is 16.3. The molecular formula is C24H20FN7O. The molecule has 9 heteroatoms. The highest BCUT2D eigenvalue weighted by Gasteiger charge is 2.28. The highest BCUT2D eigenvalue weighted by Crippen LogP contribution is 2.32. The van der Waals surface area contributed by atoms with Gasteiger partial charge in [0, 0.05) is 18.7 Å². The Morgan fingerprint density at radius 1 is 1.03 bits per heavy atom. The summed E-state index contributed by atoms with van der Waals surface area (Å²) in [7, 11) is 0. The lowest BCUT2D eigenvalue weighted by atomic mass is 9.98. The van der Waals surface area contributed by atoms with Crippen molar-refractivity contribution in [3.05, 3.63) is 78.8 Å². The molecule has 0 spiro atoms. The molecule has 0 N–H and O–H groups in total. The summed E-state index contributed by atoms with van der Waals surface area (Å²) < 4.78 is 21.0. The number of piperidine rings is 1. The number of para-hydroxylation sites is 1. The van der Waals surface area contributed by atoms with E-state index in [9.17, 15) is 4.39 Å². The topological polar surface area (TPSA) is 85.8 Å². The van der Waals surface area contributed by atoms with Gasteiger partial charge >= 0.3 is 0 Å². The zero-order valence-corrected chi connectivity index (χ0v) is 17.7. The molecule has 1 atom stereocenters. The van der Waals surface area contributed by atoms with E-state index in [-0.39, 0.29) is 11.7 Å². The molecule has 0 radical (unpaired) electrons. The number of hydrogen-bond acceptors (Lipinski definition) is 7. The fraction of sp³-hybridized carbons (Fsp3) is 0.208. The van der Waals surface area contributed by atoms with Crippen LogP contribution < -0.4 is 4.90 Å². The molecule has 0 aliphatic carbocycles. The zero-order valence-electron chi connectivity index (χ0n) is 17.7. The monoisotopic (exact) mass is 441 g/mol. The SMILES string of the molecule is Fc1cccc(-c2noc(C3CCCN(c4ncnc5c4cnn5-c4ccccc4)C3)n2)c1. The van der Waals surface area contributed by atoms with Gasteiger partial charge in [-0.25, -0.2) is 19.0 Å². The lowest BCUT2D eigenvalue weighted by Crippen LogP contribution is -2.35. The number of fused-ring (bicyclic) bond motifs is 1. The number of hydrogen-bond donors (Lipinski definition) is 0. The van der Waals surface area contributed by atoms with E-state index in [0.717, 1.165) is 41.9 Å². The van der Waals surface area contributed by atoms with Gasteiger partial charge in [0.15, 0.2) is 5.65 Å². The van der Waals surface area contributed by atoms with Gasteiger partial charge in [-0.3, -0.25) is 0 Å². The normalized spacial score (nSPS) is 16.4. The largest absolute Gasteiger partial charge is 0.355 e. The molecule has 164 valence electrons. The van der Waals surface area contributed by atoms with E-state index in [1.165, 1.54) is 12.1 Å². The van der Waals surface area contributed by atoms with Crippen LogP contribution in [0.2, 0.25) is 0 Å². The number of nitrogens with zero attached hydrogens (tertiary/aromatic N) is 7. The molecule has 8 nitrogen and oxygen atoms in total. The summed E-state index contributed by atoms with van der Waals surface area (Å²) in [5.74, 6) is 1.53. The first-order valence-corrected chi connectivity index (χ1v) is 10.8. The third-order valence-corrected chi connectivity index (χ3v) is 5.94. The van der Waals surface area contributed by atoms with Crippen LogP contribution in [0.25, 0.3) is 28.1 Å². The van der Waals surface area contributed by atoms with E-state index in [1.807, 2.05) is 41.2 Å². The minimum atomic E-state index is -0.327. The molecule has 1 aliphatic rings. The molecule has 0 amide bonds. The van der Waals surface area contributed by atoms with Gasteiger partial charge in [-0.1, -0.05) is 35.5 Å². The van der Waals surface area contributed by atoms with Crippen molar-refractivity contribution in [2.75, 3.05) is 18.0 Å². The van der Waals surface area contributed by atoms with Gasteiger partial charge in [-0.05, 0) is 37.1 Å². The molecule has 4 heterocycles. The van der Waals surface area contributed by atoms with Crippen molar-refractivity contribution in [2.24, 2.45) is 0 Å². The van der Waals surface area contributed by atoms with Gasteiger partial charge in [0.05, 0.1) is 23.2 Å². The third kappa shape index (κ3) is 3.61. The molecule has 1 aliphatic heterocycles. The van der Waals surface area contributed by atoms with Crippen molar-refractivity contribution in [1.29, 1.82) is 0 Å². The summed E-state index contributed by atoms with van der Waals surface area (Å²) in [6.07, 6.45) is 5.28. The van der Waals surface area contributed by atoms with Crippen molar-refractivity contribution in [1.82, 2.24) is 29.9 Å². The second-order valence-electron chi connectivity index (χ2n) is 8.08. The molecule has 33 heavy (non-hydrogen) atoms. The highest BCUT2D eigenvalue weighted by molar-refractivity contribution is 5.87. The predicted octanol–water partition coefficient (Wildman–Crippen LogP) is 4.39. The summed E-state index contributed by atoms with van der Waals surface area (Å²) in [6.45, 7) is 1.55. The maximum Gasteiger partial charge on any atom is 0.231 e. The van der Waals surface area contributed by atoms with Crippen molar-refractivity contribution >= 4 is 16.9 Å². The molecule has 2 aromatic carbocycles. The number of aromatic nitrogens is 6. The molecule has 1 fully saturated rings. The fourth-order valence-electron chi connectivity index (χ4n) is 4.36. The average molecular weight is 441 g/mol. The summed E-state index contributed by atoms with van der Waals surface area (Å²) in [4.78, 5) is 15.8. The molecule has 5 aromatic rings. The Kier molecular flexibility index (Phi) is 4.79. The minimum Gasteiger partial charge on any atom is -0.355 e. The smallest absolute Gasteiger partial charge is 0.231 e. The van der Waals surface area contributed by atoms with Crippen molar-refractivity contribution in [2.45, 2.75) is 18.8 Å². The maximum atomic E-state index is 13.6. The molecule has 1 unspecified atom stereocenters. The standard InChI is InChI=1S/C24H20FN7O/c25-18-8-4-6-16(12-18)21-29-24(33-30-21)17-7-5-11-31(14-17)22-20-13-28-32(23(20)27-15-26-22)19-9-2-1-3-10-19/h1-4,6,8-10,12-13,15,17H,5,7,11,14H2. The van der Waals surface area contributed by atoms with Crippen molar-refractivity contribution in [3.8, 4) is 17.1 Å². The van der Waals surface area contributed by atoms with Crippen LogP contribution >= 0.6 is 0 Å². The van der Waals surface area contributed by atoms with E-state index in [2.05, 4.69) is 30.1 Å². The van der Waals surface area contributed by atoms with Gasteiger partial charge in [0.1, 0.15) is 18.0 Å². The highest BCUT2D eigenvalue weighted by atomic mass is 19.1. The predicted molar refractivity (Wildman–Crippen MR) is 121 cm³/mol. The molecule has 0 bridgehead atoms. The van der Waals surface area contributed by atoms with E-state index < -0.39 is 0 Å². The first-order valence-electron chi connectivity index (χ1n) is 10.8. The summed E-state index contributed by atoms with van der Waals surface area (Å²) in [6, 6.07) is 16.1. The van der Waals surface area contributed by atoms with Crippen LogP contribution in [0.5, 0.6) is 0 Å². The van der Waals surface area contributed by atoms with Crippen molar-refractivity contribution in [3.63, 3.8) is 0 Å². The zero-order chi connectivity index (χ0) is 22.2. The fourth-order valence-corrected chi connectivity index (χ4v) is 4.36. The maximum absolute atomic E-state index is 13.6. The lowest BCUT2D eigenvalue weighted by molar-refractivity contribution is 0.333. The lowest BCUT2D eigenvalue weighted by Gasteiger charge is -2.32. The van der Waals surface area contributed by atoms with Gasteiger partial charge in [0.2, 0.25) is 11.7 Å². The van der Waals surface area contributed by atoms with E-state index >= 15 is 0 Å². The van der Waals surface area contributed by atoms with Gasteiger partial charge < -0.3 is 9.42 Å². The summed E-state index contributed by atoms with van der Waals surface area (Å²) in [5.41, 5.74) is 2.31. The van der Waals surface area contributed by atoms with Crippen LogP contribution in [0.1, 0.15) is 24.7 Å². The van der Waals surface area contributed by atoms with Crippen LogP contribution in [-0.4, -0.2) is 43.0 Å². The number of benzene rings is 2. The molecule has 3 aromatic heterocycles. The quantitative estimate of drug-likeness (QED) is 0.409.